The first-order valence-electron chi connectivity index (χ1n) is 8.61. The van der Waals surface area contributed by atoms with Crippen LogP contribution in [0.3, 0.4) is 0 Å². The summed E-state index contributed by atoms with van der Waals surface area (Å²) in [7, 11) is 2.18. The van der Waals surface area contributed by atoms with Gasteiger partial charge in [-0.05, 0) is 45.2 Å². The van der Waals surface area contributed by atoms with Crippen molar-refractivity contribution in [3.8, 4) is 0 Å². The summed E-state index contributed by atoms with van der Waals surface area (Å²) in [6.07, 6.45) is 4.88. The summed E-state index contributed by atoms with van der Waals surface area (Å²) in [5.41, 5.74) is 0. The van der Waals surface area contributed by atoms with Crippen molar-refractivity contribution in [3.63, 3.8) is 0 Å². The van der Waals surface area contributed by atoms with Gasteiger partial charge in [-0.25, -0.2) is 0 Å². The summed E-state index contributed by atoms with van der Waals surface area (Å²) < 4.78 is 10.8. The van der Waals surface area contributed by atoms with Crippen molar-refractivity contribution < 1.29 is 9.26 Å². The fraction of sp³-hybridized carbons (Fsp3) is 0.875. The predicted molar refractivity (Wildman–Crippen MR) is 81.5 cm³/mol. The summed E-state index contributed by atoms with van der Waals surface area (Å²) in [4.78, 5) is 9.51. The molecule has 2 atom stereocenters. The van der Waals surface area contributed by atoms with Crippen LogP contribution in [0.4, 0.5) is 0 Å². The molecule has 0 bridgehead atoms. The first kappa shape index (κ1) is 14.6. The molecule has 0 spiro atoms. The zero-order valence-corrected chi connectivity index (χ0v) is 13.4. The van der Waals surface area contributed by atoms with Gasteiger partial charge in [-0.1, -0.05) is 5.16 Å². The van der Waals surface area contributed by atoms with Crippen LogP contribution in [0.15, 0.2) is 4.52 Å². The van der Waals surface area contributed by atoms with E-state index in [1.54, 1.807) is 0 Å². The maximum atomic E-state index is 5.48. The van der Waals surface area contributed by atoms with E-state index in [0.29, 0.717) is 12.0 Å². The molecular weight excluding hydrogens is 280 g/mol. The molecule has 1 aliphatic carbocycles. The van der Waals surface area contributed by atoms with E-state index in [2.05, 4.69) is 27.0 Å². The zero-order valence-electron chi connectivity index (χ0n) is 13.4. The van der Waals surface area contributed by atoms with Crippen LogP contribution in [-0.2, 0) is 11.3 Å². The average Bonchev–Trinajstić information content (AvgIpc) is 2.96. The Morgan fingerprint density at radius 1 is 1.27 bits per heavy atom. The van der Waals surface area contributed by atoms with E-state index in [-0.39, 0.29) is 0 Å². The van der Waals surface area contributed by atoms with Gasteiger partial charge in [0.2, 0.25) is 5.89 Å². The van der Waals surface area contributed by atoms with Gasteiger partial charge in [0.25, 0.3) is 0 Å². The van der Waals surface area contributed by atoms with Crippen LogP contribution >= 0.6 is 0 Å². The van der Waals surface area contributed by atoms with Gasteiger partial charge in [-0.2, -0.15) is 4.98 Å². The van der Waals surface area contributed by atoms with Crippen molar-refractivity contribution in [2.24, 2.45) is 5.92 Å². The number of hydrogen-bond acceptors (Lipinski definition) is 6. The molecule has 0 radical (unpaired) electrons. The number of aromatic nitrogens is 2. The molecule has 0 N–H and O–H groups in total. The van der Waals surface area contributed by atoms with Crippen molar-refractivity contribution in [1.29, 1.82) is 0 Å². The Balaban J connectivity index is 1.26. The van der Waals surface area contributed by atoms with Gasteiger partial charge < -0.3 is 14.2 Å². The maximum Gasteiger partial charge on any atom is 0.229 e. The second-order valence-corrected chi connectivity index (χ2v) is 7.17. The highest BCUT2D eigenvalue weighted by molar-refractivity contribution is 5.01. The third-order valence-electron chi connectivity index (χ3n) is 5.21. The Morgan fingerprint density at radius 2 is 2.18 bits per heavy atom. The maximum absolute atomic E-state index is 5.48. The highest BCUT2D eigenvalue weighted by atomic mass is 16.5. The average molecular weight is 306 g/mol. The molecule has 3 fully saturated rings. The first-order chi connectivity index (χ1) is 10.8. The molecule has 4 rings (SSSR count). The highest BCUT2D eigenvalue weighted by Crippen LogP contribution is 2.38. The summed E-state index contributed by atoms with van der Waals surface area (Å²) in [6.45, 7) is 6.23. The van der Waals surface area contributed by atoms with Gasteiger partial charge in [0.05, 0.1) is 13.2 Å². The number of rotatable bonds is 6. The molecule has 2 aliphatic heterocycles. The summed E-state index contributed by atoms with van der Waals surface area (Å²) in [5, 5.41) is 4.13. The van der Waals surface area contributed by atoms with Gasteiger partial charge >= 0.3 is 0 Å². The van der Waals surface area contributed by atoms with E-state index in [1.807, 2.05) is 0 Å². The van der Waals surface area contributed by atoms with Crippen LogP contribution in [-0.4, -0.2) is 65.9 Å². The molecule has 22 heavy (non-hydrogen) atoms. The van der Waals surface area contributed by atoms with Crippen LogP contribution in [0.25, 0.3) is 0 Å². The van der Waals surface area contributed by atoms with Gasteiger partial charge in [0.15, 0.2) is 5.82 Å². The molecule has 1 aromatic heterocycles. The number of likely N-dealkylation sites (tertiary alicyclic amines) is 1. The lowest BCUT2D eigenvalue weighted by Crippen LogP contribution is -2.35. The molecule has 0 unspecified atom stereocenters. The standard InChI is InChI=1S/C16H26N4O2/c1-19(10-15-17-16(22-18-15)13-2-3-13)14-4-6-20(9-14)8-12-5-7-21-11-12/h12-14H,2-11H2,1H3/t12-,14-/m0/s1. The quantitative estimate of drug-likeness (QED) is 0.794. The summed E-state index contributed by atoms with van der Waals surface area (Å²) >= 11 is 0. The number of ether oxygens (including phenoxy) is 1. The minimum absolute atomic E-state index is 0.544. The smallest absolute Gasteiger partial charge is 0.229 e. The first-order valence-corrected chi connectivity index (χ1v) is 8.61. The van der Waals surface area contributed by atoms with Crippen molar-refractivity contribution >= 4 is 0 Å². The lowest BCUT2D eigenvalue weighted by Gasteiger charge is -2.24. The largest absolute Gasteiger partial charge is 0.381 e. The lowest BCUT2D eigenvalue weighted by molar-refractivity contribution is 0.168. The van der Waals surface area contributed by atoms with Crippen LogP contribution in [0.2, 0.25) is 0 Å². The van der Waals surface area contributed by atoms with E-state index in [9.17, 15) is 0 Å². The Hall–Kier alpha value is -0.980. The Labute approximate surface area is 131 Å². The Morgan fingerprint density at radius 3 is 2.95 bits per heavy atom. The second-order valence-electron chi connectivity index (χ2n) is 7.17. The van der Waals surface area contributed by atoms with E-state index < -0.39 is 0 Å². The normalized spacial score (nSPS) is 29.7. The highest BCUT2D eigenvalue weighted by Gasteiger charge is 2.31. The molecule has 1 saturated carbocycles. The minimum Gasteiger partial charge on any atom is -0.381 e. The molecule has 3 heterocycles. The molecule has 3 aliphatic rings. The topological polar surface area (TPSA) is 54.6 Å². The van der Waals surface area contributed by atoms with Gasteiger partial charge in [0, 0.05) is 31.7 Å². The Kier molecular flexibility index (Phi) is 4.15. The van der Waals surface area contributed by atoms with Gasteiger partial charge in [0.1, 0.15) is 0 Å². The fourth-order valence-electron chi connectivity index (χ4n) is 3.61. The minimum atomic E-state index is 0.544. The molecule has 6 nitrogen and oxygen atoms in total. The summed E-state index contributed by atoms with van der Waals surface area (Å²) in [5.74, 6) is 2.97. The molecule has 0 aromatic carbocycles. The monoisotopic (exact) mass is 306 g/mol. The third kappa shape index (κ3) is 3.34. The molecule has 1 aromatic rings. The van der Waals surface area contributed by atoms with E-state index in [0.717, 1.165) is 43.9 Å². The SMILES string of the molecule is CN(Cc1noc(C2CC2)n1)[C@H]1CCN(C[C@@H]2CCOC2)C1. The van der Waals surface area contributed by atoms with Crippen molar-refractivity contribution in [3.05, 3.63) is 11.7 Å². The molecule has 0 amide bonds. The Bertz CT molecular complexity index is 496. The van der Waals surface area contributed by atoms with Gasteiger partial charge in [-0.15, -0.1) is 0 Å². The number of nitrogens with zero attached hydrogens (tertiary/aromatic N) is 4. The van der Waals surface area contributed by atoms with Crippen LogP contribution in [0.5, 0.6) is 0 Å². The molecular formula is C16H26N4O2. The van der Waals surface area contributed by atoms with Crippen LogP contribution in [0, 0.1) is 5.92 Å². The lowest BCUT2D eigenvalue weighted by atomic mass is 10.1. The zero-order chi connectivity index (χ0) is 14.9. The van der Waals surface area contributed by atoms with Crippen LogP contribution < -0.4 is 0 Å². The predicted octanol–water partition coefficient (Wildman–Crippen LogP) is 1.49. The number of hydrogen-bond donors (Lipinski definition) is 0. The van der Waals surface area contributed by atoms with Crippen molar-refractivity contribution in [1.82, 2.24) is 19.9 Å². The van der Waals surface area contributed by atoms with E-state index >= 15 is 0 Å². The fourth-order valence-corrected chi connectivity index (χ4v) is 3.61. The van der Waals surface area contributed by atoms with Crippen LogP contribution in [0.1, 0.15) is 43.3 Å². The number of likely N-dealkylation sites (N-methyl/N-ethyl adjacent to an activating group) is 1. The molecule has 122 valence electrons. The third-order valence-corrected chi connectivity index (χ3v) is 5.21. The summed E-state index contributed by atoms with van der Waals surface area (Å²) in [6, 6.07) is 0.602. The van der Waals surface area contributed by atoms with Crippen molar-refractivity contribution in [2.45, 2.75) is 44.2 Å². The van der Waals surface area contributed by atoms with Crippen molar-refractivity contribution in [2.75, 3.05) is 39.9 Å². The molecule has 6 heteroatoms. The van der Waals surface area contributed by atoms with E-state index in [4.69, 9.17) is 9.26 Å². The van der Waals surface area contributed by atoms with E-state index in [1.165, 1.54) is 38.8 Å². The molecule has 2 saturated heterocycles. The second kappa shape index (κ2) is 6.26. The van der Waals surface area contributed by atoms with Gasteiger partial charge in [-0.3, -0.25) is 4.90 Å².